The van der Waals surface area contributed by atoms with Gasteiger partial charge >= 0.3 is 11.6 Å². The number of benzene rings is 2. The monoisotopic (exact) mass is 507 g/mol. The van der Waals surface area contributed by atoms with Gasteiger partial charge in [0, 0.05) is 23.6 Å². The molecule has 1 aromatic heterocycles. The molecule has 1 N–H and O–H groups in total. The lowest BCUT2D eigenvalue weighted by molar-refractivity contribution is -0.128. The molecule has 0 atom stereocenters. The van der Waals surface area contributed by atoms with Gasteiger partial charge in [0.2, 0.25) is 0 Å². The molecule has 0 unspecified atom stereocenters. The van der Waals surface area contributed by atoms with E-state index in [-0.39, 0.29) is 22.9 Å². The van der Waals surface area contributed by atoms with Crippen LogP contribution < -0.4 is 25.2 Å². The molecular formula is C29H33NO7. The lowest BCUT2D eigenvalue weighted by Gasteiger charge is -2.11. The van der Waals surface area contributed by atoms with Crippen molar-refractivity contribution in [3.8, 4) is 17.2 Å². The molecule has 0 radical (unpaired) electrons. The molecule has 0 saturated carbocycles. The van der Waals surface area contributed by atoms with Gasteiger partial charge in [-0.2, -0.15) is 0 Å². The number of unbranched alkanes of at least 4 members (excludes halogenated alkanes) is 3. The summed E-state index contributed by atoms with van der Waals surface area (Å²) in [4.78, 5) is 36.8. The molecule has 0 bridgehead atoms. The second kappa shape index (κ2) is 13.3. The number of rotatable bonds is 12. The Morgan fingerprint density at radius 1 is 1.03 bits per heavy atom. The van der Waals surface area contributed by atoms with E-state index in [1.54, 1.807) is 45.2 Å². The van der Waals surface area contributed by atoms with E-state index in [1.807, 2.05) is 12.1 Å². The van der Waals surface area contributed by atoms with E-state index < -0.39 is 17.5 Å². The largest absolute Gasteiger partial charge is 0.493 e. The third kappa shape index (κ3) is 7.96. The number of nitrogens with one attached hydrogen (secondary N) is 1. The number of fused-ring (bicyclic) bond motifs is 1. The van der Waals surface area contributed by atoms with Crippen LogP contribution in [0.25, 0.3) is 17.0 Å². The van der Waals surface area contributed by atoms with Crippen molar-refractivity contribution in [1.82, 2.24) is 5.32 Å². The minimum absolute atomic E-state index is 0.0859. The van der Waals surface area contributed by atoms with Gasteiger partial charge in [0.15, 0.2) is 11.5 Å². The zero-order chi connectivity index (χ0) is 26.8. The quantitative estimate of drug-likeness (QED) is 0.113. The topological polar surface area (TPSA) is 104 Å². The van der Waals surface area contributed by atoms with Crippen molar-refractivity contribution in [2.24, 2.45) is 0 Å². The zero-order valence-corrected chi connectivity index (χ0v) is 21.7. The molecule has 0 spiro atoms. The van der Waals surface area contributed by atoms with Crippen molar-refractivity contribution >= 4 is 28.9 Å². The number of amides is 1. The Labute approximate surface area is 216 Å². The van der Waals surface area contributed by atoms with Crippen LogP contribution in [0.5, 0.6) is 17.2 Å². The summed E-state index contributed by atoms with van der Waals surface area (Å²) >= 11 is 0. The summed E-state index contributed by atoms with van der Waals surface area (Å²) in [6.07, 6.45) is 7.37. The van der Waals surface area contributed by atoms with Crippen molar-refractivity contribution in [1.29, 1.82) is 0 Å². The average Bonchev–Trinajstić information content (AvgIpc) is 2.86. The fourth-order valence-corrected chi connectivity index (χ4v) is 3.59. The van der Waals surface area contributed by atoms with Crippen LogP contribution in [-0.4, -0.2) is 31.6 Å². The van der Waals surface area contributed by atoms with Crippen LogP contribution in [-0.2, 0) is 4.79 Å². The molecule has 196 valence electrons. The van der Waals surface area contributed by atoms with Crippen LogP contribution in [0.3, 0.4) is 0 Å². The molecule has 3 aromatic rings. The first-order valence-electron chi connectivity index (χ1n) is 12.4. The highest BCUT2D eigenvalue weighted by molar-refractivity contribution is 5.97. The van der Waals surface area contributed by atoms with Crippen molar-refractivity contribution in [2.45, 2.75) is 52.5 Å². The van der Waals surface area contributed by atoms with Gasteiger partial charge in [-0.1, -0.05) is 32.3 Å². The average molecular weight is 508 g/mol. The maximum Gasteiger partial charge on any atom is 0.349 e. The van der Waals surface area contributed by atoms with E-state index in [2.05, 4.69) is 12.2 Å². The lowest BCUT2D eigenvalue weighted by Crippen LogP contribution is -2.33. The Morgan fingerprint density at radius 3 is 2.57 bits per heavy atom. The van der Waals surface area contributed by atoms with Gasteiger partial charge in [-0.3, -0.25) is 4.79 Å². The highest BCUT2D eigenvalue weighted by Crippen LogP contribution is 2.29. The first kappa shape index (κ1) is 27.5. The van der Waals surface area contributed by atoms with Crippen LogP contribution in [0.4, 0.5) is 0 Å². The summed E-state index contributed by atoms with van der Waals surface area (Å²) in [7, 11) is 1.57. The summed E-state index contributed by atoms with van der Waals surface area (Å²) in [5.74, 6) is 0.326. The van der Waals surface area contributed by atoms with E-state index in [4.69, 9.17) is 18.6 Å². The van der Waals surface area contributed by atoms with Crippen molar-refractivity contribution < 1.29 is 28.2 Å². The Bertz CT molecular complexity index is 1320. The second-order valence-corrected chi connectivity index (χ2v) is 8.85. The number of esters is 1. The molecule has 3 rings (SSSR count). The summed E-state index contributed by atoms with van der Waals surface area (Å²) in [5.41, 5.74) is 0.0906. The van der Waals surface area contributed by atoms with Gasteiger partial charge in [-0.05, 0) is 62.2 Å². The second-order valence-electron chi connectivity index (χ2n) is 8.85. The Morgan fingerprint density at radius 2 is 1.84 bits per heavy atom. The molecule has 0 fully saturated rings. The third-order valence-corrected chi connectivity index (χ3v) is 5.45. The highest BCUT2D eigenvalue weighted by Gasteiger charge is 2.15. The predicted molar refractivity (Wildman–Crippen MR) is 142 cm³/mol. The molecule has 0 aliphatic rings. The van der Waals surface area contributed by atoms with Gasteiger partial charge in [-0.25, -0.2) is 9.59 Å². The zero-order valence-electron chi connectivity index (χ0n) is 21.7. The highest BCUT2D eigenvalue weighted by atomic mass is 16.5. The molecule has 1 amide bonds. The predicted octanol–water partition coefficient (Wildman–Crippen LogP) is 5.52. The first-order chi connectivity index (χ1) is 17.8. The fourth-order valence-electron chi connectivity index (χ4n) is 3.59. The lowest BCUT2D eigenvalue weighted by atomic mass is 10.1. The SMILES string of the molecule is CCCCCCOc1ccc(/C=C/C(=O)Oc2ccc3cc(C(=O)NC(C)C)c(=O)oc3c2)cc1OC. The van der Waals surface area contributed by atoms with E-state index in [1.165, 1.54) is 31.1 Å². The van der Waals surface area contributed by atoms with Gasteiger partial charge < -0.3 is 23.9 Å². The van der Waals surface area contributed by atoms with E-state index in [0.29, 0.717) is 23.5 Å². The van der Waals surface area contributed by atoms with Crippen LogP contribution in [0.1, 0.15) is 62.4 Å². The van der Waals surface area contributed by atoms with Gasteiger partial charge in [0.05, 0.1) is 13.7 Å². The maximum atomic E-state index is 12.4. The summed E-state index contributed by atoms with van der Waals surface area (Å²) in [6.45, 7) is 6.38. The Hall–Kier alpha value is -4.07. The standard InChI is InChI=1S/C29H33NO7/c1-5-6-7-8-15-35-24-13-9-20(16-26(24)34-4)10-14-27(31)36-22-12-11-21-17-23(28(32)30-19(2)3)29(33)37-25(21)18-22/h9-14,16-19H,5-8,15H2,1-4H3,(H,30,32)/b14-10+. The number of hydrogen-bond acceptors (Lipinski definition) is 7. The number of ether oxygens (including phenoxy) is 3. The molecule has 2 aromatic carbocycles. The molecule has 37 heavy (non-hydrogen) atoms. The fraction of sp³-hybridized carbons (Fsp3) is 0.345. The van der Waals surface area contributed by atoms with Crippen LogP contribution >= 0.6 is 0 Å². The number of carbonyl (C=O) groups excluding carboxylic acids is 2. The third-order valence-electron chi connectivity index (χ3n) is 5.45. The van der Waals surface area contributed by atoms with Gasteiger partial charge in [0.25, 0.3) is 5.91 Å². The van der Waals surface area contributed by atoms with E-state index in [9.17, 15) is 14.4 Å². The summed E-state index contributed by atoms with van der Waals surface area (Å²) < 4.78 is 21.9. The molecule has 8 nitrogen and oxygen atoms in total. The number of methoxy groups -OCH3 is 1. The Kier molecular flexibility index (Phi) is 9.89. The van der Waals surface area contributed by atoms with Crippen LogP contribution in [0.15, 0.2) is 57.8 Å². The van der Waals surface area contributed by atoms with Gasteiger partial charge in [-0.15, -0.1) is 0 Å². The molecule has 0 aliphatic carbocycles. The Balaban J connectivity index is 1.65. The van der Waals surface area contributed by atoms with Crippen molar-refractivity contribution in [3.05, 3.63) is 70.1 Å². The summed E-state index contributed by atoms with van der Waals surface area (Å²) in [5, 5.41) is 3.20. The summed E-state index contributed by atoms with van der Waals surface area (Å²) in [6, 6.07) is 11.4. The normalized spacial score (nSPS) is 11.2. The minimum Gasteiger partial charge on any atom is -0.493 e. The maximum absolute atomic E-state index is 12.4. The molecular weight excluding hydrogens is 474 g/mol. The molecule has 0 aliphatic heterocycles. The van der Waals surface area contributed by atoms with Crippen LogP contribution in [0.2, 0.25) is 0 Å². The number of carbonyl (C=O) groups is 2. The van der Waals surface area contributed by atoms with Gasteiger partial charge in [0.1, 0.15) is 16.9 Å². The number of hydrogen-bond donors (Lipinski definition) is 1. The smallest absolute Gasteiger partial charge is 0.349 e. The molecule has 8 heteroatoms. The van der Waals surface area contributed by atoms with E-state index >= 15 is 0 Å². The minimum atomic E-state index is -0.767. The van der Waals surface area contributed by atoms with Crippen LogP contribution in [0, 0.1) is 0 Å². The van der Waals surface area contributed by atoms with Crippen molar-refractivity contribution in [3.63, 3.8) is 0 Å². The molecule has 1 heterocycles. The van der Waals surface area contributed by atoms with E-state index in [0.717, 1.165) is 18.4 Å². The molecule has 0 saturated heterocycles. The first-order valence-corrected chi connectivity index (χ1v) is 12.4. The van der Waals surface area contributed by atoms with Crippen molar-refractivity contribution in [2.75, 3.05) is 13.7 Å².